The van der Waals surface area contributed by atoms with E-state index in [1.807, 2.05) is 23.9 Å². The van der Waals surface area contributed by atoms with Gasteiger partial charge in [0.25, 0.3) is 0 Å². The minimum Gasteiger partial charge on any atom is -0.356 e. The quantitative estimate of drug-likeness (QED) is 0.358. The summed E-state index contributed by atoms with van der Waals surface area (Å²) < 4.78 is 1.93. The fourth-order valence-corrected chi connectivity index (χ4v) is 2.29. The van der Waals surface area contributed by atoms with E-state index in [1.54, 1.807) is 13.2 Å². The number of benzene rings is 1. The Kier molecular flexibility index (Phi) is 6.91. The predicted octanol–water partition coefficient (Wildman–Crippen LogP) is 2.56. The van der Waals surface area contributed by atoms with Crippen LogP contribution in [0.3, 0.4) is 0 Å². The smallest absolute Gasteiger partial charge is 0.191 e. The molecule has 0 saturated carbocycles. The molecule has 1 heterocycles. The molecule has 122 valence electrons. The van der Waals surface area contributed by atoms with Crippen LogP contribution in [0.4, 0.5) is 0 Å². The predicted molar refractivity (Wildman–Crippen MR) is 95.4 cm³/mol. The summed E-state index contributed by atoms with van der Waals surface area (Å²) in [5.41, 5.74) is 2.51. The van der Waals surface area contributed by atoms with Gasteiger partial charge in [-0.2, -0.15) is 5.10 Å². The molecule has 0 spiro atoms. The van der Waals surface area contributed by atoms with Crippen LogP contribution in [0.5, 0.6) is 0 Å². The van der Waals surface area contributed by atoms with Gasteiger partial charge in [-0.25, -0.2) is 0 Å². The Hall–Kier alpha value is -2.56. The number of allylic oxidation sites excluding steroid dienone is 1. The second kappa shape index (κ2) is 9.46. The van der Waals surface area contributed by atoms with E-state index in [0.29, 0.717) is 0 Å². The van der Waals surface area contributed by atoms with E-state index < -0.39 is 0 Å². The SMILES string of the molecule is CC=CCCNC(=NC)NCc1ccccc1Cn1cccn1. The molecule has 5 nitrogen and oxygen atoms in total. The summed E-state index contributed by atoms with van der Waals surface area (Å²) in [5, 5.41) is 11.0. The molecule has 0 bridgehead atoms. The molecule has 0 amide bonds. The summed E-state index contributed by atoms with van der Waals surface area (Å²) in [6.45, 7) is 4.42. The zero-order valence-corrected chi connectivity index (χ0v) is 13.9. The van der Waals surface area contributed by atoms with Gasteiger partial charge in [-0.3, -0.25) is 9.67 Å². The minimum atomic E-state index is 0.737. The van der Waals surface area contributed by atoms with E-state index in [9.17, 15) is 0 Å². The fourth-order valence-electron chi connectivity index (χ4n) is 2.29. The average molecular weight is 311 g/mol. The average Bonchev–Trinajstić information content (AvgIpc) is 3.08. The van der Waals surface area contributed by atoms with Crippen molar-refractivity contribution in [3.05, 3.63) is 66.0 Å². The van der Waals surface area contributed by atoms with E-state index in [1.165, 1.54) is 11.1 Å². The van der Waals surface area contributed by atoms with Crippen molar-refractivity contribution < 1.29 is 0 Å². The monoisotopic (exact) mass is 311 g/mol. The van der Waals surface area contributed by atoms with E-state index in [-0.39, 0.29) is 0 Å². The van der Waals surface area contributed by atoms with Crippen LogP contribution in [-0.4, -0.2) is 29.3 Å². The molecule has 23 heavy (non-hydrogen) atoms. The van der Waals surface area contributed by atoms with Crippen molar-refractivity contribution in [3.8, 4) is 0 Å². The van der Waals surface area contributed by atoms with Crippen molar-refractivity contribution in [3.63, 3.8) is 0 Å². The Labute approximate surface area is 138 Å². The molecule has 0 unspecified atom stereocenters. The largest absolute Gasteiger partial charge is 0.356 e. The van der Waals surface area contributed by atoms with Gasteiger partial charge in [-0.1, -0.05) is 36.4 Å². The molecular weight excluding hydrogens is 286 g/mol. The second-order valence-electron chi connectivity index (χ2n) is 5.18. The van der Waals surface area contributed by atoms with Crippen LogP contribution >= 0.6 is 0 Å². The standard InChI is InChI=1S/C18H25N5/c1-3-4-7-11-20-18(19-2)21-14-16-9-5-6-10-17(16)15-23-13-8-12-22-23/h3-6,8-10,12-13H,7,11,14-15H2,1-2H3,(H2,19,20,21). The maximum absolute atomic E-state index is 4.28. The molecule has 0 saturated heterocycles. The molecule has 1 aromatic carbocycles. The Balaban J connectivity index is 1.91. The van der Waals surface area contributed by atoms with Gasteiger partial charge in [0.1, 0.15) is 0 Å². The summed E-state index contributed by atoms with van der Waals surface area (Å²) >= 11 is 0. The van der Waals surface area contributed by atoms with Crippen molar-refractivity contribution in [2.24, 2.45) is 4.99 Å². The van der Waals surface area contributed by atoms with E-state index in [4.69, 9.17) is 0 Å². The van der Waals surface area contributed by atoms with Gasteiger partial charge in [0.15, 0.2) is 5.96 Å². The summed E-state index contributed by atoms with van der Waals surface area (Å²) in [7, 11) is 1.79. The zero-order valence-electron chi connectivity index (χ0n) is 13.9. The third-order valence-electron chi connectivity index (χ3n) is 3.52. The molecule has 0 fully saturated rings. The molecule has 0 radical (unpaired) electrons. The van der Waals surface area contributed by atoms with Gasteiger partial charge in [-0.15, -0.1) is 0 Å². The molecule has 0 aliphatic rings. The lowest BCUT2D eigenvalue weighted by Gasteiger charge is -2.14. The first kappa shape index (κ1) is 16.8. The van der Waals surface area contributed by atoms with Crippen LogP contribution in [0, 0.1) is 0 Å². The van der Waals surface area contributed by atoms with E-state index in [2.05, 4.69) is 57.1 Å². The van der Waals surface area contributed by atoms with Gasteiger partial charge >= 0.3 is 0 Å². The second-order valence-corrected chi connectivity index (χ2v) is 5.18. The summed E-state index contributed by atoms with van der Waals surface area (Å²) in [6, 6.07) is 10.3. The number of hydrogen-bond donors (Lipinski definition) is 2. The Bertz CT molecular complexity index is 629. The van der Waals surface area contributed by atoms with Crippen LogP contribution < -0.4 is 10.6 Å². The highest BCUT2D eigenvalue weighted by Crippen LogP contribution is 2.10. The molecule has 2 rings (SSSR count). The highest BCUT2D eigenvalue weighted by atomic mass is 15.3. The summed E-state index contributed by atoms with van der Waals surface area (Å²) in [5.74, 6) is 0.823. The number of guanidine groups is 1. The maximum Gasteiger partial charge on any atom is 0.191 e. The molecule has 2 aromatic rings. The van der Waals surface area contributed by atoms with Crippen molar-refractivity contribution in [2.45, 2.75) is 26.4 Å². The third-order valence-corrected chi connectivity index (χ3v) is 3.52. The highest BCUT2D eigenvalue weighted by Gasteiger charge is 2.04. The van der Waals surface area contributed by atoms with E-state index >= 15 is 0 Å². The number of aliphatic imine (C=N–C) groups is 1. The Morgan fingerprint density at radius 3 is 2.74 bits per heavy atom. The number of hydrogen-bond acceptors (Lipinski definition) is 2. The lowest BCUT2D eigenvalue weighted by molar-refractivity contribution is 0.677. The van der Waals surface area contributed by atoms with Crippen molar-refractivity contribution in [2.75, 3.05) is 13.6 Å². The summed E-state index contributed by atoms with van der Waals surface area (Å²) in [4.78, 5) is 4.26. The van der Waals surface area contributed by atoms with Crippen molar-refractivity contribution in [1.82, 2.24) is 20.4 Å². The van der Waals surface area contributed by atoms with Crippen LogP contribution in [0.1, 0.15) is 24.5 Å². The van der Waals surface area contributed by atoms with Crippen LogP contribution in [-0.2, 0) is 13.1 Å². The van der Waals surface area contributed by atoms with Crippen LogP contribution in [0.2, 0.25) is 0 Å². The lowest BCUT2D eigenvalue weighted by Crippen LogP contribution is -2.37. The lowest BCUT2D eigenvalue weighted by atomic mass is 10.1. The molecular formula is C18H25N5. The minimum absolute atomic E-state index is 0.737. The molecule has 0 aliphatic heterocycles. The topological polar surface area (TPSA) is 54.2 Å². The number of rotatable bonds is 7. The first-order chi connectivity index (χ1) is 11.3. The Morgan fingerprint density at radius 1 is 1.22 bits per heavy atom. The normalized spacial score (nSPS) is 11.8. The van der Waals surface area contributed by atoms with Crippen LogP contribution in [0.25, 0.3) is 0 Å². The van der Waals surface area contributed by atoms with Gasteiger partial charge < -0.3 is 10.6 Å². The molecule has 0 atom stereocenters. The van der Waals surface area contributed by atoms with Crippen LogP contribution in [0.15, 0.2) is 59.9 Å². The van der Waals surface area contributed by atoms with Gasteiger partial charge in [-0.05, 0) is 30.5 Å². The zero-order chi connectivity index (χ0) is 16.3. The van der Waals surface area contributed by atoms with E-state index in [0.717, 1.165) is 32.0 Å². The number of nitrogens with zero attached hydrogens (tertiary/aromatic N) is 3. The molecule has 5 heteroatoms. The number of nitrogens with one attached hydrogen (secondary N) is 2. The number of aromatic nitrogens is 2. The van der Waals surface area contributed by atoms with Gasteiger partial charge in [0.05, 0.1) is 6.54 Å². The van der Waals surface area contributed by atoms with Gasteiger partial charge in [0.2, 0.25) is 0 Å². The first-order valence-corrected chi connectivity index (χ1v) is 7.93. The molecule has 2 N–H and O–H groups in total. The maximum atomic E-state index is 4.28. The fraction of sp³-hybridized carbons (Fsp3) is 0.333. The summed E-state index contributed by atoms with van der Waals surface area (Å²) in [6.07, 6.45) is 8.97. The van der Waals surface area contributed by atoms with Gasteiger partial charge in [0, 0.05) is 32.5 Å². The van der Waals surface area contributed by atoms with Crippen molar-refractivity contribution >= 4 is 5.96 Å². The first-order valence-electron chi connectivity index (χ1n) is 7.93. The molecule has 1 aromatic heterocycles. The molecule has 0 aliphatic carbocycles. The third kappa shape index (κ3) is 5.62. The Morgan fingerprint density at radius 2 is 2.04 bits per heavy atom. The van der Waals surface area contributed by atoms with Crippen molar-refractivity contribution in [1.29, 1.82) is 0 Å². The highest BCUT2D eigenvalue weighted by molar-refractivity contribution is 5.79.